The summed E-state index contributed by atoms with van der Waals surface area (Å²) in [5.74, 6) is -0.0496. The quantitative estimate of drug-likeness (QED) is 0.446. The fourth-order valence-corrected chi connectivity index (χ4v) is 5.23. The van der Waals surface area contributed by atoms with E-state index in [0.29, 0.717) is 54.0 Å². The topological polar surface area (TPSA) is 70.8 Å². The minimum Gasteiger partial charge on any atom is -0.336 e. The molecular formula is C24H22ClN5O2S. The first-order valence-corrected chi connectivity index (χ1v) is 11.9. The minimum absolute atomic E-state index is 0.0496. The van der Waals surface area contributed by atoms with Gasteiger partial charge in [0.2, 0.25) is 4.96 Å². The average Bonchev–Trinajstić information content (AvgIpc) is 3.24. The molecule has 0 spiro atoms. The Morgan fingerprint density at radius 3 is 2.55 bits per heavy atom. The van der Waals surface area contributed by atoms with E-state index in [1.807, 2.05) is 48.2 Å². The number of amides is 1. The van der Waals surface area contributed by atoms with Crippen LogP contribution >= 0.6 is 22.9 Å². The number of carbonyl (C=O) groups excluding carboxylic acids is 1. The van der Waals surface area contributed by atoms with E-state index >= 15 is 0 Å². The first-order valence-electron chi connectivity index (χ1n) is 10.7. The van der Waals surface area contributed by atoms with Gasteiger partial charge in [-0.2, -0.15) is 9.61 Å². The highest BCUT2D eigenvalue weighted by atomic mass is 35.5. The Kier molecular flexibility index (Phi) is 5.97. The summed E-state index contributed by atoms with van der Waals surface area (Å²) in [6.07, 6.45) is 0. The highest BCUT2D eigenvalue weighted by molar-refractivity contribution is 7.19. The van der Waals surface area contributed by atoms with Crippen LogP contribution in [0.4, 0.5) is 0 Å². The highest BCUT2D eigenvalue weighted by Crippen LogP contribution is 2.27. The smallest absolute Gasteiger partial charge is 0.275 e. The predicted octanol–water partition coefficient (Wildman–Crippen LogP) is 3.74. The molecular weight excluding hydrogens is 458 g/mol. The summed E-state index contributed by atoms with van der Waals surface area (Å²) in [6, 6.07) is 16.6. The summed E-state index contributed by atoms with van der Waals surface area (Å²) in [5, 5.41) is 5.74. The zero-order chi connectivity index (χ0) is 22.9. The molecule has 4 aromatic rings. The van der Waals surface area contributed by atoms with Crippen LogP contribution in [0.1, 0.15) is 21.6 Å². The molecule has 0 unspecified atom stereocenters. The van der Waals surface area contributed by atoms with E-state index in [4.69, 9.17) is 16.6 Å². The molecule has 1 amide bonds. The van der Waals surface area contributed by atoms with Crippen molar-refractivity contribution in [1.82, 2.24) is 24.4 Å². The number of fused-ring (bicyclic) bond motifs is 1. The Bertz CT molecular complexity index is 1390. The second kappa shape index (κ2) is 9.05. The van der Waals surface area contributed by atoms with Gasteiger partial charge in [-0.3, -0.25) is 14.5 Å². The lowest BCUT2D eigenvalue weighted by molar-refractivity contribution is 0.0627. The normalized spacial score (nSPS) is 14.7. The lowest BCUT2D eigenvalue weighted by atomic mass is 10.1. The zero-order valence-corrected chi connectivity index (χ0v) is 19.6. The summed E-state index contributed by atoms with van der Waals surface area (Å²) in [4.78, 5) is 34.8. The number of halogens is 1. The van der Waals surface area contributed by atoms with Gasteiger partial charge in [-0.05, 0) is 24.6 Å². The number of nitrogens with zero attached hydrogens (tertiary/aromatic N) is 5. The molecule has 5 rings (SSSR count). The van der Waals surface area contributed by atoms with Crippen molar-refractivity contribution in [2.24, 2.45) is 0 Å². The van der Waals surface area contributed by atoms with Crippen LogP contribution in [0.2, 0.25) is 5.02 Å². The fourth-order valence-electron chi connectivity index (χ4n) is 4.00. The van der Waals surface area contributed by atoms with E-state index in [0.717, 1.165) is 16.1 Å². The minimum atomic E-state index is -0.182. The maximum atomic E-state index is 12.8. The lowest BCUT2D eigenvalue weighted by Crippen LogP contribution is -2.48. The first-order chi connectivity index (χ1) is 16.0. The van der Waals surface area contributed by atoms with E-state index in [1.165, 1.54) is 15.9 Å². The largest absolute Gasteiger partial charge is 0.336 e. The maximum Gasteiger partial charge on any atom is 0.275 e. The van der Waals surface area contributed by atoms with E-state index < -0.39 is 0 Å². The number of piperazine rings is 1. The number of aryl methyl sites for hydroxylation is 1. The second-order valence-electron chi connectivity index (χ2n) is 8.05. The van der Waals surface area contributed by atoms with E-state index in [2.05, 4.69) is 10.00 Å². The standard InChI is InChI=1S/C24H22ClN5O2S/c1-16-6-2-3-7-18(16)22-27-30-21(31)14-17(26-24(30)33-22)15-28-10-12-29(13-11-28)23(32)19-8-4-5-9-20(19)25/h2-9,14H,10-13,15H2,1H3. The van der Waals surface area contributed by atoms with Crippen molar-refractivity contribution < 1.29 is 4.79 Å². The van der Waals surface area contributed by atoms with Crippen LogP contribution in [0.25, 0.3) is 15.5 Å². The fraction of sp³-hybridized carbons (Fsp3) is 0.250. The molecule has 2 aromatic heterocycles. The number of benzene rings is 2. The number of hydrogen-bond donors (Lipinski definition) is 0. The Hall–Kier alpha value is -3.07. The lowest BCUT2D eigenvalue weighted by Gasteiger charge is -2.34. The summed E-state index contributed by atoms with van der Waals surface area (Å²) >= 11 is 7.60. The van der Waals surface area contributed by atoms with Crippen molar-refractivity contribution in [2.75, 3.05) is 26.2 Å². The van der Waals surface area contributed by atoms with Gasteiger partial charge in [-0.1, -0.05) is 59.3 Å². The molecule has 0 saturated carbocycles. The molecule has 0 bridgehead atoms. The van der Waals surface area contributed by atoms with Crippen molar-refractivity contribution in [3.05, 3.63) is 86.8 Å². The summed E-state index contributed by atoms with van der Waals surface area (Å²) in [5.41, 5.74) is 3.18. The monoisotopic (exact) mass is 479 g/mol. The molecule has 1 saturated heterocycles. The Labute approximate surface area is 199 Å². The zero-order valence-electron chi connectivity index (χ0n) is 18.1. The van der Waals surface area contributed by atoms with Crippen LogP contribution in [0, 0.1) is 6.92 Å². The average molecular weight is 480 g/mol. The van der Waals surface area contributed by atoms with Gasteiger partial charge in [0.05, 0.1) is 16.3 Å². The number of aromatic nitrogens is 3. The van der Waals surface area contributed by atoms with E-state index in [1.54, 1.807) is 18.2 Å². The van der Waals surface area contributed by atoms with Crippen molar-refractivity contribution in [1.29, 1.82) is 0 Å². The SMILES string of the molecule is Cc1ccccc1-c1nn2c(=O)cc(CN3CCN(C(=O)c4ccccc4Cl)CC3)nc2s1. The van der Waals surface area contributed by atoms with E-state index in [9.17, 15) is 9.59 Å². The van der Waals surface area contributed by atoms with Crippen molar-refractivity contribution in [2.45, 2.75) is 13.5 Å². The first kappa shape index (κ1) is 21.8. The third kappa shape index (κ3) is 4.42. The van der Waals surface area contributed by atoms with Gasteiger partial charge in [0.1, 0.15) is 5.01 Å². The number of rotatable bonds is 4. The molecule has 33 heavy (non-hydrogen) atoms. The Morgan fingerprint density at radius 1 is 1.06 bits per heavy atom. The molecule has 0 aliphatic carbocycles. The molecule has 1 aliphatic heterocycles. The molecule has 7 nitrogen and oxygen atoms in total. The molecule has 1 fully saturated rings. The van der Waals surface area contributed by atoms with Crippen LogP contribution in [-0.2, 0) is 6.54 Å². The molecule has 1 aliphatic rings. The molecule has 168 valence electrons. The van der Waals surface area contributed by atoms with Gasteiger partial charge >= 0.3 is 0 Å². The molecule has 9 heteroatoms. The van der Waals surface area contributed by atoms with Crippen molar-refractivity contribution in [3.63, 3.8) is 0 Å². The van der Waals surface area contributed by atoms with Crippen LogP contribution in [0.3, 0.4) is 0 Å². The number of carbonyl (C=O) groups is 1. The molecule has 0 N–H and O–H groups in total. The molecule has 0 radical (unpaired) electrons. The summed E-state index contributed by atoms with van der Waals surface area (Å²) in [7, 11) is 0. The van der Waals surface area contributed by atoms with Crippen LogP contribution < -0.4 is 5.56 Å². The Balaban J connectivity index is 1.29. The molecule has 0 atom stereocenters. The highest BCUT2D eigenvalue weighted by Gasteiger charge is 2.24. The van der Waals surface area contributed by atoms with E-state index in [-0.39, 0.29) is 11.5 Å². The van der Waals surface area contributed by atoms with Crippen molar-refractivity contribution in [3.8, 4) is 10.6 Å². The third-order valence-electron chi connectivity index (χ3n) is 5.82. The van der Waals surface area contributed by atoms with Crippen molar-refractivity contribution >= 4 is 33.8 Å². The van der Waals surface area contributed by atoms with Crippen LogP contribution in [0.15, 0.2) is 59.4 Å². The predicted molar refractivity (Wildman–Crippen MR) is 130 cm³/mol. The van der Waals surface area contributed by atoms with Crippen LogP contribution in [-0.4, -0.2) is 56.5 Å². The van der Waals surface area contributed by atoms with Gasteiger partial charge in [0.15, 0.2) is 0 Å². The molecule has 2 aromatic carbocycles. The second-order valence-corrected chi connectivity index (χ2v) is 9.41. The van der Waals surface area contributed by atoms with Crippen LogP contribution in [0.5, 0.6) is 0 Å². The Morgan fingerprint density at radius 2 is 1.79 bits per heavy atom. The van der Waals surface area contributed by atoms with Gasteiger partial charge in [-0.25, -0.2) is 4.98 Å². The maximum absolute atomic E-state index is 12.8. The van der Waals surface area contributed by atoms with Gasteiger partial charge in [0.25, 0.3) is 11.5 Å². The third-order valence-corrected chi connectivity index (χ3v) is 7.09. The summed E-state index contributed by atoms with van der Waals surface area (Å²) in [6.45, 7) is 5.19. The van der Waals surface area contributed by atoms with Gasteiger partial charge in [0, 0.05) is 44.4 Å². The number of hydrogen-bond acceptors (Lipinski definition) is 6. The van der Waals surface area contributed by atoms with Gasteiger partial charge < -0.3 is 4.90 Å². The van der Waals surface area contributed by atoms with Gasteiger partial charge in [-0.15, -0.1) is 0 Å². The summed E-state index contributed by atoms with van der Waals surface area (Å²) < 4.78 is 1.37. The molecule has 3 heterocycles.